The highest BCUT2D eigenvalue weighted by molar-refractivity contribution is 7.91. The fourth-order valence-corrected chi connectivity index (χ4v) is 12.1. The molecule has 3 aliphatic heterocycles. The quantitative estimate of drug-likeness (QED) is 0.345. The van der Waals surface area contributed by atoms with Crippen molar-refractivity contribution in [3.63, 3.8) is 0 Å². The lowest BCUT2D eigenvalue weighted by Crippen LogP contribution is -2.58. The van der Waals surface area contributed by atoms with Crippen LogP contribution in [0.4, 0.5) is 18.0 Å². The molecular formula is C42H48F3N5O9S. The summed E-state index contributed by atoms with van der Waals surface area (Å²) < 4.78 is 89.6. The summed E-state index contributed by atoms with van der Waals surface area (Å²) in [4.78, 5) is 62.7. The van der Waals surface area contributed by atoms with Gasteiger partial charge in [-0.2, -0.15) is 13.2 Å². The third-order valence-corrected chi connectivity index (χ3v) is 17.0. The average Bonchev–Trinajstić information content (AvgIpc) is 4.16. The Kier molecular flexibility index (Phi) is 8.86. The van der Waals surface area contributed by atoms with Gasteiger partial charge in [-0.1, -0.05) is 25.0 Å². The SMILES string of the molecule is COc1ccc2cc(C(F)(F)F)c3c(c2n1)CC[C@]1(C[C@H]2C(=O)N[C@]4(C(=O)NS(=O)(=O)C5(C)CC5)C[C@H]4/C=C\CCCCCC(NC(=O)O[C@H]4CC5C6C4[C@@H]56)C(=O)N2C1)O3. The number of pyridine rings is 1. The Morgan fingerprint density at radius 1 is 1.07 bits per heavy atom. The number of aromatic nitrogens is 1. The molecular weight excluding hydrogens is 808 g/mol. The molecule has 4 amide bonds. The van der Waals surface area contributed by atoms with Crippen LogP contribution in [0.2, 0.25) is 0 Å². The van der Waals surface area contributed by atoms with Crippen LogP contribution in [0.15, 0.2) is 30.4 Å². The van der Waals surface area contributed by atoms with E-state index in [1.165, 1.54) is 24.1 Å². The Morgan fingerprint density at radius 3 is 2.55 bits per heavy atom. The van der Waals surface area contributed by atoms with Gasteiger partial charge in [-0.3, -0.25) is 19.1 Å². The zero-order valence-electron chi connectivity index (χ0n) is 33.3. The molecule has 18 heteroatoms. The molecule has 9 aliphatic rings. The van der Waals surface area contributed by atoms with Crippen molar-refractivity contribution >= 4 is 44.7 Å². The highest BCUT2D eigenvalue weighted by Gasteiger charge is 2.81. The first-order valence-electron chi connectivity index (χ1n) is 21.1. The van der Waals surface area contributed by atoms with E-state index in [4.69, 9.17) is 14.2 Å². The number of nitrogens with one attached hydrogen (secondary N) is 3. The van der Waals surface area contributed by atoms with Crippen molar-refractivity contribution in [1.29, 1.82) is 0 Å². The molecule has 60 heavy (non-hydrogen) atoms. The van der Waals surface area contributed by atoms with E-state index in [0.29, 0.717) is 55.8 Å². The minimum absolute atomic E-state index is 0.0572. The summed E-state index contributed by atoms with van der Waals surface area (Å²) in [5.74, 6) is -0.902. The number of carbonyl (C=O) groups is 4. The molecule has 0 radical (unpaired) electrons. The molecule has 4 unspecified atom stereocenters. The first-order chi connectivity index (χ1) is 28.5. The molecule has 1 aromatic heterocycles. The van der Waals surface area contributed by atoms with Crippen LogP contribution in [0.1, 0.15) is 88.7 Å². The van der Waals surface area contributed by atoms with Gasteiger partial charge in [-0.15, -0.1) is 0 Å². The Morgan fingerprint density at radius 2 is 1.85 bits per heavy atom. The summed E-state index contributed by atoms with van der Waals surface area (Å²) >= 11 is 0. The number of rotatable bonds is 6. The minimum atomic E-state index is -4.84. The number of fused-ring (bicyclic) bond motifs is 6. The van der Waals surface area contributed by atoms with Crippen molar-refractivity contribution in [3.05, 3.63) is 41.5 Å². The van der Waals surface area contributed by atoms with Gasteiger partial charge < -0.3 is 29.7 Å². The Bertz CT molecular complexity index is 2340. The number of benzene rings is 1. The van der Waals surface area contributed by atoms with Gasteiger partial charge >= 0.3 is 12.3 Å². The van der Waals surface area contributed by atoms with Gasteiger partial charge in [0.2, 0.25) is 27.7 Å². The van der Waals surface area contributed by atoms with E-state index < -0.39 is 85.2 Å². The van der Waals surface area contributed by atoms with Crippen LogP contribution in [0.25, 0.3) is 10.9 Å². The Hall–Kier alpha value is -4.61. The van der Waals surface area contributed by atoms with Crippen molar-refractivity contribution in [2.75, 3.05) is 13.7 Å². The van der Waals surface area contributed by atoms with Crippen molar-refractivity contribution in [2.45, 2.75) is 124 Å². The molecule has 4 heterocycles. The first-order valence-corrected chi connectivity index (χ1v) is 22.5. The topological polar surface area (TPSA) is 182 Å². The van der Waals surface area contributed by atoms with Gasteiger partial charge in [0.15, 0.2) is 0 Å². The van der Waals surface area contributed by atoms with Crippen LogP contribution in [0.3, 0.4) is 0 Å². The highest BCUT2D eigenvalue weighted by Crippen LogP contribution is 2.82. The number of halogens is 3. The number of alkyl carbamates (subject to hydrolysis) is 1. The first kappa shape index (κ1) is 39.5. The summed E-state index contributed by atoms with van der Waals surface area (Å²) in [7, 11) is -2.69. The summed E-state index contributed by atoms with van der Waals surface area (Å²) in [6, 6.07) is 1.43. The summed E-state index contributed by atoms with van der Waals surface area (Å²) in [6.07, 6.45) is 2.25. The van der Waals surface area contributed by atoms with E-state index in [9.17, 15) is 40.8 Å². The summed E-state index contributed by atoms with van der Waals surface area (Å²) in [5.41, 5.74) is -3.70. The van der Waals surface area contributed by atoms with Gasteiger partial charge in [-0.05, 0) is 94.6 Å². The molecule has 3 N–H and O–H groups in total. The maximum absolute atomic E-state index is 14.9. The molecule has 1 saturated heterocycles. The molecule has 322 valence electrons. The number of sulfonamides is 1. The number of carbonyl (C=O) groups excluding carboxylic acids is 4. The maximum atomic E-state index is 14.9. The molecule has 14 nitrogen and oxygen atoms in total. The smallest absolute Gasteiger partial charge is 0.419 e. The number of hydrogen-bond donors (Lipinski definition) is 3. The number of nitrogens with zero attached hydrogens (tertiary/aromatic N) is 2. The second kappa shape index (κ2) is 13.4. The largest absolute Gasteiger partial charge is 0.484 e. The monoisotopic (exact) mass is 855 g/mol. The Labute approximate surface area is 344 Å². The van der Waals surface area contributed by atoms with Crippen LogP contribution < -0.4 is 24.8 Å². The molecule has 2 aromatic rings. The third kappa shape index (κ3) is 6.48. The van der Waals surface area contributed by atoms with E-state index >= 15 is 0 Å². The standard InChI is InChI=1S/C42H48F3N5O9S/c1-39(14-15-39)60(55,56)49-37(53)41-18-22(41)8-6-4-3-5-7-9-26(46-38(54)58-28-17-24-30-31(24)32(28)30)36(52)50-20-40(19-27(50)35(51)48-41)13-12-23-33-21(10-11-29(47-33)57-2)16-25(34(23)59-40)42(43,44)45/h6,8,10-11,16,22,24,26-28,30-32H,3-5,7,9,12-15,17-20H2,1-2H3,(H,46,54)(H,48,51)(H,49,53)/b8-6-/t22-,24?,26?,27+,28+,30+,31?,32?,40-,41-/m1/s1. The number of alkyl halides is 3. The predicted molar refractivity (Wildman–Crippen MR) is 207 cm³/mol. The number of allylic oxidation sites excluding steroid dienone is 1. The molecule has 11 rings (SSSR count). The van der Waals surface area contributed by atoms with E-state index in [-0.39, 0.29) is 67.1 Å². The van der Waals surface area contributed by atoms with E-state index in [1.54, 1.807) is 13.0 Å². The predicted octanol–water partition coefficient (Wildman–Crippen LogP) is 4.68. The van der Waals surface area contributed by atoms with Crippen LogP contribution >= 0.6 is 0 Å². The van der Waals surface area contributed by atoms with Crippen LogP contribution in [0.5, 0.6) is 11.6 Å². The zero-order chi connectivity index (χ0) is 42.1. The third-order valence-electron chi connectivity index (χ3n) is 14.8. The molecule has 7 fully saturated rings. The molecule has 10 atom stereocenters. The lowest BCUT2D eigenvalue weighted by Gasteiger charge is -2.37. The minimum Gasteiger partial charge on any atom is -0.484 e. The number of aryl methyl sites for hydroxylation is 1. The molecule has 2 bridgehead atoms. The van der Waals surface area contributed by atoms with E-state index in [2.05, 4.69) is 20.3 Å². The second-order valence-electron chi connectivity index (χ2n) is 18.6. The second-order valence-corrected chi connectivity index (χ2v) is 20.8. The van der Waals surface area contributed by atoms with Crippen molar-refractivity contribution in [3.8, 4) is 11.6 Å². The zero-order valence-corrected chi connectivity index (χ0v) is 34.1. The van der Waals surface area contributed by atoms with Gasteiger partial charge in [0.05, 0.1) is 29.5 Å². The van der Waals surface area contributed by atoms with Gasteiger partial charge in [-0.25, -0.2) is 18.2 Å². The lowest BCUT2D eigenvalue weighted by molar-refractivity contribution is -0.142. The van der Waals surface area contributed by atoms with Crippen LogP contribution in [-0.2, 0) is 41.7 Å². The van der Waals surface area contributed by atoms with Crippen molar-refractivity contribution < 1.29 is 55.0 Å². The summed E-state index contributed by atoms with van der Waals surface area (Å²) in [5, 5.41) is 5.84. The Balaban J connectivity index is 0.992. The molecule has 6 saturated carbocycles. The van der Waals surface area contributed by atoms with Crippen LogP contribution in [-0.4, -0.2) is 89.8 Å². The maximum Gasteiger partial charge on any atom is 0.419 e. The lowest BCUT2D eigenvalue weighted by atomic mass is 9.86. The van der Waals surface area contributed by atoms with Gasteiger partial charge in [0.1, 0.15) is 35.1 Å². The van der Waals surface area contributed by atoms with Crippen molar-refractivity contribution in [2.24, 2.45) is 29.6 Å². The fraction of sp³-hybridized carbons (Fsp3) is 0.643. The number of methoxy groups -OCH3 is 1. The number of hydrogen-bond acceptors (Lipinski definition) is 10. The van der Waals surface area contributed by atoms with E-state index in [0.717, 1.165) is 18.9 Å². The van der Waals surface area contributed by atoms with Gasteiger partial charge in [0.25, 0.3) is 5.91 Å². The average molecular weight is 856 g/mol. The fourth-order valence-electron chi connectivity index (χ4n) is 10.7. The van der Waals surface area contributed by atoms with Gasteiger partial charge in [0, 0.05) is 35.3 Å². The van der Waals surface area contributed by atoms with Crippen molar-refractivity contribution in [1.82, 2.24) is 25.2 Å². The van der Waals surface area contributed by atoms with Crippen LogP contribution in [0, 0.1) is 29.6 Å². The summed E-state index contributed by atoms with van der Waals surface area (Å²) in [6.45, 7) is 1.24. The molecule has 6 aliphatic carbocycles. The molecule has 1 spiro atoms. The highest BCUT2D eigenvalue weighted by atomic mass is 32.2. The number of amides is 4. The van der Waals surface area contributed by atoms with E-state index in [1.807, 2.05) is 6.08 Å². The number of ether oxygens (including phenoxy) is 3. The normalized spacial score (nSPS) is 36.5. The molecule has 1 aromatic carbocycles.